The van der Waals surface area contributed by atoms with Gasteiger partial charge in [0, 0.05) is 12.6 Å². The highest BCUT2D eigenvalue weighted by molar-refractivity contribution is 5.94. The van der Waals surface area contributed by atoms with Crippen LogP contribution in [0.3, 0.4) is 0 Å². The van der Waals surface area contributed by atoms with E-state index in [1.807, 2.05) is 13.0 Å². The number of anilines is 1. The Morgan fingerprint density at radius 1 is 1.53 bits per heavy atom. The molecule has 1 amide bonds. The lowest BCUT2D eigenvalue weighted by Crippen LogP contribution is -2.36. The summed E-state index contributed by atoms with van der Waals surface area (Å²) in [4.78, 5) is 25.9. The average molecular weight is 237 g/mol. The van der Waals surface area contributed by atoms with E-state index in [1.54, 1.807) is 12.3 Å². The van der Waals surface area contributed by atoms with Gasteiger partial charge in [-0.2, -0.15) is 0 Å². The average Bonchev–Trinajstić information content (AvgIpc) is 2.28. The van der Waals surface area contributed by atoms with Crippen LogP contribution in [0.1, 0.15) is 18.4 Å². The van der Waals surface area contributed by atoms with Crippen molar-refractivity contribution >= 4 is 17.7 Å². The number of hydrogen-bond donors (Lipinski definition) is 3. The summed E-state index contributed by atoms with van der Waals surface area (Å²) < 4.78 is 0. The van der Waals surface area contributed by atoms with Gasteiger partial charge in [0.25, 0.3) is 0 Å². The second-order valence-electron chi connectivity index (χ2n) is 3.75. The normalized spacial score (nSPS) is 11.9. The minimum absolute atomic E-state index is 0.104. The summed E-state index contributed by atoms with van der Waals surface area (Å²) in [5, 5.41) is 11.0. The minimum Gasteiger partial charge on any atom is -0.481 e. The third-order valence-corrected chi connectivity index (χ3v) is 2.17. The first-order valence-electron chi connectivity index (χ1n) is 5.20. The Hall–Kier alpha value is -1.95. The van der Waals surface area contributed by atoms with Crippen LogP contribution >= 0.6 is 0 Å². The van der Waals surface area contributed by atoms with Crippen LogP contribution in [0.15, 0.2) is 18.3 Å². The number of nitrogens with one attached hydrogen (secondary N) is 1. The fourth-order valence-electron chi connectivity index (χ4n) is 1.17. The number of aliphatic carboxylic acids is 1. The van der Waals surface area contributed by atoms with E-state index in [1.165, 1.54) is 0 Å². The fraction of sp³-hybridized carbons (Fsp3) is 0.364. The Bertz CT molecular complexity index is 403. The number of amides is 1. The molecule has 0 saturated heterocycles. The Kier molecular flexibility index (Phi) is 4.59. The van der Waals surface area contributed by atoms with E-state index in [-0.39, 0.29) is 12.8 Å². The number of carbonyl (C=O) groups is 2. The summed E-state index contributed by atoms with van der Waals surface area (Å²) in [5.41, 5.74) is 6.52. The predicted octanol–water partition coefficient (Wildman–Crippen LogP) is 0.521. The highest BCUT2D eigenvalue weighted by Gasteiger charge is 2.15. The topological polar surface area (TPSA) is 105 Å². The molecule has 92 valence electrons. The third-order valence-electron chi connectivity index (χ3n) is 2.17. The van der Waals surface area contributed by atoms with Gasteiger partial charge >= 0.3 is 5.97 Å². The second kappa shape index (κ2) is 5.95. The molecular formula is C11H15N3O3. The van der Waals surface area contributed by atoms with Crippen molar-refractivity contribution in [2.24, 2.45) is 5.73 Å². The predicted molar refractivity (Wildman–Crippen MR) is 62.4 cm³/mol. The van der Waals surface area contributed by atoms with E-state index in [0.717, 1.165) is 5.56 Å². The number of rotatable bonds is 5. The van der Waals surface area contributed by atoms with Crippen LogP contribution in [0.25, 0.3) is 0 Å². The summed E-state index contributed by atoms with van der Waals surface area (Å²) in [6.45, 7) is 1.89. The van der Waals surface area contributed by atoms with Gasteiger partial charge in [-0.25, -0.2) is 4.98 Å². The number of aromatic nitrogens is 1. The first kappa shape index (κ1) is 13.1. The fourth-order valence-corrected chi connectivity index (χ4v) is 1.17. The van der Waals surface area contributed by atoms with Crippen molar-refractivity contribution in [1.82, 2.24) is 4.98 Å². The van der Waals surface area contributed by atoms with E-state index < -0.39 is 17.9 Å². The number of carbonyl (C=O) groups excluding carboxylic acids is 1. The van der Waals surface area contributed by atoms with E-state index >= 15 is 0 Å². The Balaban J connectivity index is 2.48. The molecule has 6 nitrogen and oxygen atoms in total. The molecule has 1 rings (SSSR count). The van der Waals surface area contributed by atoms with Gasteiger partial charge in [-0.05, 0) is 25.0 Å². The van der Waals surface area contributed by atoms with Crippen molar-refractivity contribution in [3.05, 3.63) is 23.9 Å². The molecule has 17 heavy (non-hydrogen) atoms. The lowest BCUT2D eigenvalue weighted by atomic mass is 10.1. The molecule has 0 aliphatic carbocycles. The van der Waals surface area contributed by atoms with Crippen molar-refractivity contribution in [3.8, 4) is 0 Å². The maximum Gasteiger partial charge on any atom is 0.303 e. The van der Waals surface area contributed by atoms with Gasteiger partial charge in [-0.1, -0.05) is 6.07 Å². The highest BCUT2D eigenvalue weighted by Crippen LogP contribution is 2.05. The van der Waals surface area contributed by atoms with E-state index in [9.17, 15) is 9.59 Å². The van der Waals surface area contributed by atoms with E-state index in [0.29, 0.717) is 5.82 Å². The Morgan fingerprint density at radius 3 is 2.76 bits per heavy atom. The molecule has 1 unspecified atom stereocenters. The van der Waals surface area contributed by atoms with Gasteiger partial charge in [-0.3, -0.25) is 9.59 Å². The quantitative estimate of drug-likeness (QED) is 0.692. The number of nitrogens with zero attached hydrogens (tertiary/aromatic N) is 1. The molecule has 0 saturated carbocycles. The maximum absolute atomic E-state index is 11.5. The highest BCUT2D eigenvalue weighted by atomic mass is 16.4. The van der Waals surface area contributed by atoms with Crippen LogP contribution in [0.2, 0.25) is 0 Å². The zero-order valence-electron chi connectivity index (χ0n) is 9.51. The van der Waals surface area contributed by atoms with Gasteiger partial charge < -0.3 is 16.2 Å². The monoisotopic (exact) mass is 237 g/mol. The molecule has 0 fully saturated rings. The van der Waals surface area contributed by atoms with Crippen molar-refractivity contribution in [1.29, 1.82) is 0 Å². The van der Waals surface area contributed by atoms with Gasteiger partial charge in [0.2, 0.25) is 5.91 Å². The lowest BCUT2D eigenvalue weighted by molar-refractivity contribution is -0.137. The van der Waals surface area contributed by atoms with Crippen LogP contribution in [-0.2, 0) is 9.59 Å². The molecular weight excluding hydrogens is 222 g/mol. The van der Waals surface area contributed by atoms with Gasteiger partial charge in [0.05, 0.1) is 6.04 Å². The molecule has 0 bridgehead atoms. The number of aryl methyl sites for hydroxylation is 1. The lowest BCUT2D eigenvalue weighted by Gasteiger charge is -2.10. The van der Waals surface area contributed by atoms with Crippen molar-refractivity contribution in [3.63, 3.8) is 0 Å². The molecule has 0 aliphatic heterocycles. The Morgan fingerprint density at radius 2 is 2.24 bits per heavy atom. The smallest absolute Gasteiger partial charge is 0.303 e. The van der Waals surface area contributed by atoms with Crippen LogP contribution in [0, 0.1) is 6.92 Å². The maximum atomic E-state index is 11.5. The SMILES string of the molecule is Cc1ccc(NC(=O)C(N)CCC(=O)O)nc1. The summed E-state index contributed by atoms with van der Waals surface area (Å²) >= 11 is 0. The molecule has 1 atom stereocenters. The number of carboxylic acid groups (broad SMARTS) is 1. The van der Waals surface area contributed by atoms with Gasteiger partial charge in [-0.15, -0.1) is 0 Å². The van der Waals surface area contributed by atoms with Crippen molar-refractivity contribution in [2.75, 3.05) is 5.32 Å². The van der Waals surface area contributed by atoms with Gasteiger partial charge in [0.15, 0.2) is 0 Å². The van der Waals surface area contributed by atoms with Crippen LogP contribution in [0.4, 0.5) is 5.82 Å². The number of hydrogen-bond acceptors (Lipinski definition) is 4. The van der Waals surface area contributed by atoms with Crippen LogP contribution < -0.4 is 11.1 Å². The molecule has 0 radical (unpaired) electrons. The molecule has 0 spiro atoms. The molecule has 6 heteroatoms. The summed E-state index contributed by atoms with van der Waals surface area (Å²) in [5.74, 6) is -0.990. The standard InChI is InChI=1S/C11H15N3O3/c1-7-2-4-9(13-6-7)14-11(17)8(12)3-5-10(15)16/h2,4,6,8H,3,5,12H2,1H3,(H,15,16)(H,13,14,17). The van der Waals surface area contributed by atoms with E-state index in [4.69, 9.17) is 10.8 Å². The van der Waals surface area contributed by atoms with Gasteiger partial charge in [0.1, 0.15) is 5.82 Å². The zero-order chi connectivity index (χ0) is 12.8. The molecule has 4 N–H and O–H groups in total. The minimum atomic E-state index is -0.971. The molecule has 0 aliphatic rings. The molecule has 0 aromatic carbocycles. The number of carboxylic acids is 1. The van der Waals surface area contributed by atoms with Crippen LogP contribution in [-0.4, -0.2) is 28.0 Å². The van der Waals surface area contributed by atoms with E-state index in [2.05, 4.69) is 10.3 Å². The molecule has 1 heterocycles. The van der Waals surface area contributed by atoms with Crippen molar-refractivity contribution in [2.45, 2.75) is 25.8 Å². The summed E-state index contributed by atoms with van der Waals surface area (Å²) in [6.07, 6.45) is 1.60. The number of nitrogens with two attached hydrogens (primary N) is 1. The first-order chi connectivity index (χ1) is 7.99. The summed E-state index contributed by atoms with van der Waals surface area (Å²) in [6, 6.07) is 2.64. The Labute approximate surface area is 98.8 Å². The molecule has 1 aromatic rings. The zero-order valence-corrected chi connectivity index (χ0v) is 9.51. The van der Waals surface area contributed by atoms with Crippen LogP contribution in [0.5, 0.6) is 0 Å². The first-order valence-corrected chi connectivity index (χ1v) is 5.20. The third kappa shape index (κ3) is 4.60. The molecule has 1 aromatic heterocycles. The largest absolute Gasteiger partial charge is 0.481 e. The second-order valence-corrected chi connectivity index (χ2v) is 3.75. The summed E-state index contributed by atoms with van der Waals surface area (Å²) in [7, 11) is 0. The number of pyridine rings is 1. The van der Waals surface area contributed by atoms with Crippen molar-refractivity contribution < 1.29 is 14.7 Å².